The summed E-state index contributed by atoms with van der Waals surface area (Å²) >= 11 is 0. The highest BCUT2D eigenvalue weighted by molar-refractivity contribution is 6.73. The summed E-state index contributed by atoms with van der Waals surface area (Å²) in [6, 6.07) is 3.42. The third-order valence-corrected chi connectivity index (χ3v) is 9.29. The SMILES string of the molecule is CC[Si](CC)(CC)OOC(C)(C)[C@@H]1CC=C(C)CC1. The third kappa shape index (κ3) is 4.43. The molecule has 0 amide bonds. The molecule has 3 heteroatoms. The van der Waals surface area contributed by atoms with Crippen molar-refractivity contribution in [3.05, 3.63) is 11.6 Å². The van der Waals surface area contributed by atoms with Crippen LogP contribution in [0.4, 0.5) is 0 Å². The molecule has 0 bridgehead atoms. The smallest absolute Gasteiger partial charge is 0.238 e. The highest BCUT2D eigenvalue weighted by atomic mass is 28.4. The summed E-state index contributed by atoms with van der Waals surface area (Å²) in [5.74, 6) is 0.577. The number of hydrogen-bond donors (Lipinski definition) is 0. The van der Waals surface area contributed by atoms with Crippen LogP contribution < -0.4 is 0 Å². The minimum Gasteiger partial charge on any atom is -0.286 e. The summed E-state index contributed by atoms with van der Waals surface area (Å²) in [4.78, 5) is 5.97. The van der Waals surface area contributed by atoms with Crippen LogP contribution in [0.2, 0.25) is 18.1 Å². The van der Waals surface area contributed by atoms with Crippen LogP contribution in [0.3, 0.4) is 0 Å². The Balaban J connectivity index is 2.59. The van der Waals surface area contributed by atoms with Crippen LogP contribution in [0.5, 0.6) is 0 Å². The van der Waals surface area contributed by atoms with Crippen molar-refractivity contribution in [2.45, 2.75) is 84.5 Å². The molecule has 0 unspecified atom stereocenters. The highest BCUT2D eigenvalue weighted by Gasteiger charge is 2.37. The van der Waals surface area contributed by atoms with Crippen LogP contribution in [0, 0.1) is 5.92 Å². The van der Waals surface area contributed by atoms with E-state index in [1.54, 1.807) is 0 Å². The van der Waals surface area contributed by atoms with E-state index in [1.807, 2.05) is 0 Å². The Kier molecular flexibility index (Phi) is 6.28. The molecule has 0 saturated heterocycles. The van der Waals surface area contributed by atoms with Gasteiger partial charge >= 0.3 is 0 Å². The average molecular weight is 285 g/mol. The molecule has 0 aromatic carbocycles. The first kappa shape index (κ1) is 16.9. The predicted octanol–water partition coefficient (Wildman–Crippen LogP) is 5.46. The quantitative estimate of drug-likeness (QED) is 0.267. The van der Waals surface area contributed by atoms with Crippen molar-refractivity contribution in [3.8, 4) is 0 Å². The van der Waals surface area contributed by atoms with Gasteiger partial charge in [-0.05, 0) is 64.1 Å². The molecule has 0 fully saturated rings. The van der Waals surface area contributed by atoms with Crippen molar-refractivity contribution in [1.82, 2.24) is 0 Å². The van der Waals surface area contributed by atoms with Gasteiger partial charge in [-0.25, -0.2) is 4.89 Å². The second-order valence-electron chi connectivity index (χ2n) is 6.54. The molecule has 0 saturated carbocycles. The molecule has 0 spiro atoms. The molecule has 2 nitrogen and oxygen atoms in total. The Morgan fingerprint density at radius 1 is 1.21 bits per heavy atom. The van der Waals surface area contributed by atoms with Crippen LogP contribution >= 0.6 is 0 Å². The fourth-order valence-corrected chi connectivity index (χ4v) is 5.03. The fourth-order valence-electron chi connectivity index (χ4n) is 2.79. The number of hydrogen-bond acceptors (Lipinski definition) is 2. The third-order valence-electron chi connectivity index (χ3n) is 4.99. The second kappa shape index (κ2) is 7.05. The Bertz CT molecular complexity index is 298. The van der Waals surface area contributed by atoms with E-state index < -0.39 is 8.32 Å². The van der Waals surface area contributed by atoms with Crippen LogP contribution in [-0.4, -0.2) is 13.9 Å². The number of rotatable bonds is 7. The molecule has 19 heavy (non-hydrogen) atoms. The van der Waals surface area contributed by atoms with Gasteiger partial charge in [0, 0.05) is 0 Å². The molecule has 1 rings (SSSR count). The summed E-state index contributed by atoms with van der Waals surface area (Å²) in [7, 11) is -1.64. The van der Waals surface area contributed by atoms with Crippen LogP contribution in [0.15, 0.2) is 11.6 Å². The molecule has 0 aliphatic heterocycles. The van der Waals surface area contributed by atoms with Gasteiger partial charge in [-0.1, -0.05) is 32.4 Å². The van der Waals surface area contributed by atoms with Gasteiger partial charge in [0.15, 0.2) is 0 Å². The summed E-state index contributed by atoms with van der Waals surface area (Å²) in [6.45, 7) is 13.3. The van der Waals surface area contributed by atoms with E-state index in [-0.39, 0.29) is 5.60 Å². The first-order chi connectivity index (χ1) is 8.89. The van der Waals surface area contributed by atoms with E-state index in [2.05, 4.69) is 47.6 Å². The van der Waals surface area contributed by atoms with E-state index in [9.17, 15) is 0 Å². The van der Waals surface area contributed by atoms with Crippen molar-refractivity contribution in [2.24, 2.45) is 5.92 Å². The largest absolute Gasteiger partial charge is 0.286 e. The maximum absolute atomic E-state index is 6.04. The summed E-state index contributed by atoms with van der Waals surface area (Å²) in [5.41, 5.74) is 1.35. The van der Waals surface area contributed by atoms with Crippen molar-refractivity contribution in [3.63, 3.8) is 0 Å². The molecular formula is C16H32O2Si. The maximum atomic E-state index is 6.04. The van der Waals surface area contributed by atoms with E-state index in [0.717, 1.165) is 24.6 Å². The van der Waals surface area contributed by atoms with Crippen molar-refractivity contribution >= 4 is 8.32 Å². The van der Waals surface area contributed by atoms with Crippen molar-refractivity contribution in [2.75, 3.05) is 0 Å². The lowest BCUT2D eigenvalue weighted by Gasteiger charge is -2.38. The van der Waals surface area contributed by atoms with Gasteiger partial charge in [-0.15, -0.1) is 0 Å². The van der Waals surface area contributed by atoms with Gasteiger partial charge in [-0.2, -0.15) is 0 Å². The standard InChI is InChI=1S/C16H32O2Si/c1-7-19(8-2,9-3)18-17-16(5,6)15-12-10-14(4)11-13-15/h10,15H,7-9,11-13H2,1-6H3/t15-/m1/s1. The van der Waals surface area contributed by atoms with Gasteiger partial charge < -0.3 is 0 Å². The molecule has 0 N–H and O–H groups in total. The Morgan fingerprint density at radius 3 is 2.21 bits per heavy atom. The molecule has 1 aliphatic carbocycles. The Morgan fingerprint density at radius 2 is 1.79 bits per heavy atom. The average Bonchev–Trinajstić information content (AvgIpc) is 2.41. The zero-order chi connectivity index (χ0) is 14.5. The maximum Gasteiger partial charge on any atom is 0.238 e. The molecule has 1 aliphatic rings. The van der Waals surface area contributed by atoms with Gasteiger partial charge in [0.1, 0.15) is 0 Å². The van der Waals surface area contributed by atoms with Gasteiger partial charge in [0.25, 0.3) is 0 Å². The molecule has 112 valence electrons. The molecular weight excluding hydrogens is 252 g/mol. The molecule has 1 atom stereocenters. The lowest BCUT2D eigenvalue weighted by Crippen LogP contribution is -2.43. The van der Waals surface area contributed by atoms with E-state index in [4.69, 9.17) is 9.46 Å². The predicted molar refractivity (Wildman–Crippen MR) is 84.5 cm³/mol. The summed E-state index contributed by atoms with van der Waals surface area (Å²) < 4.78 is 6.04. The van der Waals surface area contributed by atoms with Gasteiger partial charge in [-0.3, -0.25) is 4.58 Å². The fraction of sp³-hybridized carbons (Fsp3) is 0.875. The van der Waals surface area contributed by atoms with E-state index >= 15 is 0 Å². The minimum atomic E-state index is -1.64. The topological polar surface area (TPSA) is 18.5 Å². The Labute approximate surface area is 120 Å². The molecule has 0 heterocycles. The first-order valence-corrected chi connectivity index (χ1v) is 10.4. The Hall–Kier alpha value is -0.123. The minimum absolute atomic E-state index is 0.172. The number of allylic oxidation sites excluding steroid dienone is 2. The lowest BCUT2D eigenvalue weighted by molar-refractivity contribution is -0.307. The van der Waals surface area contributed by atoms with Crippen LogP contribution in [-0.2, 0) is 9.46 Å². The molecule has 0 aromatic rings. The molecule has 0 aromatic heterocycles. The first-order valence-electron chi connectivity index (χ1n) is 7.91. The van der Waals surface area contributed by atoms with E-state index in [1.165, 1.54) is 18.4 Å². The summed E-state index contributed by atoms with van der Waals surface area (Å²) in [5, 5.41) is 0. The van der Waals surface area contributed by atoms with Crippen LogP contribution in [0.25, 0.3) is 0 Å². The highest BCUT2D eigenvalue weighted by Crippen LogP contribution is 2.35. The zero-order valence-electron chi connectivity index (χ0n) is 13.7. The summed E-state index contributed by atoms with van der Waals surface area (Å²) in [6.07, 6.45) is 5.91. The zero-order valence-corrected chi connectivity index (χ0v) is 14.7. The lowest BCUT2D eigenvalue weighted by atomic mass is 9.80. The van der Waals surface area contributed by atoms with E-state index in [0.29, 0.717) is 5.92 Å². The normalized spacial score (nSPS) is 21.4. The van der Waals surface area contributed by atoms with Gasteiger partial charge in [0.2, 0.25) is 8.32 Å². The van der Waals surface area contributed by atoms with Crippen molar-refractivity contribution < 1.29 is 9.46 Å². The van der Waals surface area contributed by atoms with Crippen LogP contribution in [0.1, 0.15) is 60.8 Å². The van der Waals surface area contributed by atoms with Gasteiger partial charge in [0.05, 0.1) is 5.60 Å². The van der Waals surface area contributed by atoms with Crippen molar-refractivity contribution in [1.29, 1.82) is 0 Å². The second-order valence-corrected chi connectivity index (χ2v) is 11.2. The molecule has 0 radical (unpaired) electrons. The monoisotopic (exact) mass is 284 g/mol.